The largest absolute Gasteiger partial charge is 0.466 e. The number of nitrogens with zero attached hydrogens (tertiary/aromatic N) is 2. The van der Waals surface area contributed by atoms with Crippen LogP contribution in [-0.2, 0) is 23.9 Å². The number of benzene rings is 1. The molecule has 0 saturated carbocycles. The molecule has 0 aromatic heterocycles. The summed E-state index contributed by atoms with van der Waals surface area (Å²) in [6, 6.07) is 6.12. The minimum Gasteiger partial charge on any atom is -0.466 e. The van der Waals surface area contributed by atoms with Crippen molar-refractivity contribution in [3.8, 4) is 0 Å². The number of halogens is 1. The molecule has 4 rings (SSSR count). The number of carbonyl (C=O) groups is 3. The quantitative estimate of drug-likeness (QED) is 0.274. The van der Waals surface area contributed by atoms with Crippen molar-refractivity contribution in [1.82, 2.24) is 4.90 Å². The first-order valence-electron chi connectivity index (χ1n) is 12.8. The van der Waals surface area contributed by atoms with Crippen molar-refractivity contribution in [2.75, 3.05) is 31.2 Å². The van der Waals surface area contributed by atoms with Gasteiger partial charge in [0.2, 0.25) is 5.91 Å². The summed E-state index contributed by atoms with van der Waals surface area (Å²) in [6.07, 6.45) is 4.22. The molecule has 3 saturated heterocycles. The Bertz CT molecular complexity index is 1030. The zero-order valence-corrected chi connectivity index (χ0v) is 21.7. The number of amides is 2. The van der Waals surface area contributed by atoms with Gasteiger partial charge in [0, 0.05) is 19.7 Å². The number of carbonyl (C=O) groups excluding carboxylic acids is 3. The highest BCUT2D eigenvalue weighted by molar-refractivity contribution is 6.34. The van der Waals surface area contributed by atoms with E-state index < -0.39 is 35.0 Å². The van der Waals surface area contributed by atoms with Crippen LogP contribution in [0.5, 0.6) is 0 Å². The standard InChI is InChI=1S/C27H35ClN2O6/c1-4-15-29(19-12-8-7-11-18(19)28)24(33)22-27-14-13-26(5-2,36-27)21(25(34)35-6-3)20(27)23(32)30(22)16-9-10-17-31/h4,7-8,11-12,20-22,31H,1,5-6,9-10,13-17H2,2-3H3/t20-,21+,22?,26-,27?/m0/s1. The first kappa shape index (κ1) is 26.6. The monoisotopic (exact) mass is 518 g/mol. The summed E-state index contributed by atoms with van der Waals surface area (Å²) in [7, 11) is 0. The number of hydrogen-bond acceptors (Lipinski definition) is 6. The molecule has 3 aliphatic heterocycles. The van der Waals surface area contributed by atoms with Gasteiger partial charge in [-0.25, -0.2) is 0 Å². The average molecular weight is 519 g/mol. The predicted octanol–water partition coefficient (Wildman–Crippen LogP) is 3.35. The number of unbranched alkanes of at least 4 members (excludes halogenated alkanes) is 1. The number of likely N-dealkylation sites (tertiary alicyclic amines) is 1. The fourth-order valence-electron chi connectivity index (χ4n) is 6.48. The predicted molar refractivity (Wildman–Crippen MR) is 136 cm³/mol. The highest BCUT2D eigenvalue weighted by Gasteiger charge is 2.79. The SMILES string of the molecule is C=CCN(C(=O)C1N(CCCCO)C(=O)[C@@H]2[C@H](C(=O)OCC)[C@]3(CC)CCC12O3)c1ccccc1Cl. The van der Waals surface area contributed by atoms with Gasteiger partial charge in [0.05, 0.1) is 28.8 Å². The van der Waals surface area contributed by atoms with Crippen LogP contribution >= 0.6 is 11.6 Å². The molecule has 8 nitrogen and oxygen atoms in total. The molecular formula is C27H35ClN2O6. The maximum atomic E-state index is 14.4. The number of rotatable bonds is 11. The van der Waals surface area contributed by atoms with Gasteiger partial charge in [-0.1, -0.05) is 36.7 Å². The minimum atomic E-state index is -1.14. The van der Waals surface area contributed by atoms with E-state index in [2.05, 4.69) is 6.58 Å². The Morgan fingerprint density at radius 2 is 2.06 bits per heavy atom. The van der Waals surface area contributed by atoms with E-state index >= 15 is 0 Å². The molecular weight excluding hydrogens is 484 g/mol. The van der Waals surface area contributed by atoms with Crippen LogP contribution in [0, 0.1) is 11.8 Å². The highest BCUT2D eigenvalue weighted by atomic mass is 35.5. The maximum Gasteiger partial charge on any atom is 0.312 e. The van der Waals surface area contributed by atoms with Gasteiger partial charge in [-0.3, -0.25) is 14.4 Å². The van der Waals surface area contributed by atoms with Crippen LogP contribution in [0.2, 0.25) is 5.02 Å². The third kappa shape index (κ3) is 4.03. The van der Waals surface area contributed by atoms with Crippen LogP contribution in [0.3, 0.4) is 0 Å². The molecule has 0 aliphatic carbocycles. The van der Waals surface area contributed by atoms with Gasteiger partial charge in [-0.15, -0.1) is 6.58 Å². The zero-order valence-electron chi connectivity index (χ0n) is 21.0. The second-order valence-electron chi connectivity index (χ2n) is 9.74. The summed E-state index contributed by atoms with van der Waals surface area (Å²) in [6.45, 7) is 8.15. The normalized spacial score (nSPS) is 30.4. The fourth-order valence-corrected chi connectivity index (χ4v) is 6.71. The lowest BCUT2D eigenvalue weighted by molar-refractivity contribution is -0.160. The molecule has 1 aromatic rings. The average Bonchev–Trinajstić information content (AvgIpc) is 3.47. The first-order chi connectivity index (χ1) is 17.3. The van der Waals surface area contributed by atoms with Crippen molar-refractivity contribution in [2.45, 2.75) is 63.2 Å². The lowest BCUT2D eigenvalue weighted by Gasteiger charge is -2.37. The summed E-state index contributed by atoms with van der Waals surface area (Å²) in [4.78, 5) is 44.7. The third-order valence-electron chi connectivity index (χ3n) is 7.98. The van der Waals surface area contributed by atoms with Crippen molar-refractivity contribution in [1.29, 1.82) is 0 Å². The van der Waals surface area contributed by atoms with E-state index in [4.69, 9.17) is 21.1 Å². The van der Waals surface area contributed by atoms with E-state index in [0.717, 1.165) is 0 Å². The number of para-hydroxylation sites is 1. The van der Waals surface area contributed by atoms with E-state index in [9.17, 15) is 19.5 Å². The summed E-state index contributed by atoms with van der Waals surface area (Å²) >= 11 is 6.48. The molecule has 1 N–H and O–H groups in total. The Morgan fingerprint density at radius 1 is 1.31 bits per heavy atom. The van der Waals surface area contributed by atoms with Crippen molar-refractivity contribution in [3.05, 3.63) is 41.9 Å². The first-order valence-corrected chi connectivity index (χ1v) is 13.1. The second kappa shape index (κ2) is 10.5. The van der Waals surface area contributed by atoms with Crippen molar-refractivity contribution >= 4 is 35.1 Å². The molecule has 2 bridgehead atoms. The van der Waals surface area contributed by atoms with Crippen molar-refractivity contribution in [2.24, 2.45) is 11.8 Å². The summed E-state index contributed by atoms with van der Waals surface area (Å²) in [5.74, 6) is -2.60. The van der Waals surface area contributed by atoms with E-state index in [1.54, 1.807) is 42.2 Å². The minimum absolute atomic E-state index is 0.0156. The van der Waals surface area contributed by atoms with E-state index in [1.807, 2.05) is 6.92 Å². The molecule has 3 fully saturated rings. The van der Waals surface area contributed by atoms with E-state index in [0.29, 0.717) is 42.8 Å². The number of anilines is 1. The lowest BCUT2D eigenvalue weighted by atomic mass is 9.65. The summed E-state index contributed by atoms with van der Waals surface area (Å²) < 4.78 is 12.1. The molecule has 2 amide bonds. The number of aliphatic hydroxyl groups is 1. The van der Waals surface area contributed by atoms with Crippen LogP contribution in [0.15, 0.2) is 36.9 Å². The van der Waals surface area contributed by atoms with Crippen LogP contribution in [0.1, 0.15) is 46.0 Å². The molecule has 196 valence electrons. The van der Waals surface area contributed by atoms with Gasteiger partial charge < -0.3 is 24.4 Å². The fraction of sp³-hybridized carbons (Fsp3) is 0.593. The van der Waals surface area contributed by atoms with Gasteiger partial charge in [0.1, 0.15) is 17.6 Å². The lowest BCUT2D eigenvalue weighted by Crippen LogP contribution is -2.56. The van der Waals surface area contributed by atoms with Crippen LogP contribution in [0.25, 0.3) is 0 Å². The zero-order chi connectivity index (χ0) is 26.1. The molecule has 3 heterocycles. The number of aliphatic hydroxyl groups excluding tert-OH is 1. The van der Waals surface area contributed by atoms with Crippen LogP contribution < -0.4 is 4.90 Å². The van der Waals surface area contributed by atoms with Gasteiger partial charge in [-0.05, 0) is 51.2 Å². The maximum absolute atomic E-state index is 14.4. The Balaban J connectivity index is 1.81. The highest BCUT2D eigenvalue weighted by Crippen LogP contribution is 2.64. The van der Waals surface area contributed by atoms with Gasteiger partial charge >= 0.3 is 5.97 Å². The van der Waals surface area contributed by atoms with Crippen molar-refractivity contribution < 1.29 is 29.0 Å². The van der Waals surface area contributed by atoms with Gasteiger partial charge in [0.15, 0.2) is 0 Å². The second-order valence-corrected chi connectivity index (χ2v) is 10.1. The molecule has 36 heavy (non-hydrogen) atoms. The number of fused-ring (bicyclic) bond motifs is 1. The molecule has 2 unspecified atom stereocenters. The Kier molecular flexibility index (Phi) is 7.78. The Labute approximate surface area is 217 Å². The van der Waals surface area contributed by atoms with E-state index in [1.165, 1.54) is 4.90 Å². The molecule has 3 aliphatic rings. The van der Waals surface area contributed by atoms with Crippen molar-refractivity contribution in [3.63, 3.8) is 0 Å². The molecule has 5 atom stereocenters. The van der Waals surface area contributed by atoms with Crippen LogP contribution in [0.4, 0.5) is 5.69 Å². The molecule has 1 spiro atoms. The number of esters is 1. The number of ether oxygens (including phenoxy) is 2. The summed E-state index contributed by atoms with van der Waals surface area (Å²) in [5, 5.41) is 9.74. The smallest absolute Gasteiger partial charge is 0.312 e. The molecule has 0 radical (unpaired) electrons. The Hall–Kier alpha value is -2.42. The third-order valence-corrected chi connectivity index (χ3v) is 8.30. The summed E-state index contributed by atoms with van der Waals surface area (Å²) in [5.41, 5.74) is -1.45. The molecule has 9 heteroatoms. The Morgan fingerprint density at radius 3 is 2.69 bits per heavy atom. The topological polar surface area (TPSA) is 96.4 Å². The van der Waals surface area contributed by atoms with Gasteiger partial charge in [-0.2, -0.15) is 0 Å². The van der Waals surface area contributed by atoms with Gasteiger partial charge in [0.25, 0.3) is 5.91 Å². The van der Waals surface area contributed by atoms with E-state index in [-0.39, 0.29) is 38.1 Å². The number of hydrogen-bond donors (Lipinski definition) is 1. The molecule has 1 aromatic carbocycles. The van der Waals surface area contributed by atoms with Crippen LogP contribution in [-0.4, -0.2) is 71.3 Å².